The van der Waals surface area contributed by atoms with Gasteiger partial charge in [0.25, 0.3) is 5.91 Å². The highest BCUT2D eigenvalue weighted by atomic mass is 19.4. The van der Waals surface area contributed by atoms with Gasteiger partial charge in [0.15, 0.2) is 17.3 Å². The summed E-state index contributed by atoms with van der Waals surface area (Å²) in [5.74, 6) is -1.97. The average molecular weight is 437 g/mol. The van der Waals surface area contributed by atoms with Crippen molar-refractivity contribution in [3.05, 3.63) is 53.0 Å². The molecule has 31 heavy (non-hydrogen) atoms. The second kappa shape index (κ2) is 7.43. The van der Waals surface area contributed by atoms with Crippen LogP contribution < -0.4 is 0 Å². The van der Waals surface area contributed by atoms with E-state index in [2.05, 4.69) is 20.4 Å². The second-order valence-electron chi connectivity index (χ2n) is 7.65. The maximum absolute atomic E-state index is 14.4. The van der Waals surface area contributed by atoms with Crippen LogP contribution in [-0.2, 0) is 19.1 Å². The van der Waals surface area contributed by atoms with Crippen LogP contribution in [0.15, 0.2) is 24.5 Å². The summed E-state index contributed by atoms with van der Waals surface area (Å²) in [6, 6.07) is 2.48. The standard InChI is InChI=1S/C19H19F4N7O/c1-10(2)29-7-5-15(26-29)30-14-8-11(3)28(9-13(14)25-27-30)18(31)12-4-6-24-17(16(12)20)19(21,22)23/h4-7,10-11H,8-9H2,1-3H3. The van der Waals surface area contributed by atoms with E-state index in [1.165, 1.54) is 4.90 Å². The molecule has 1 atom stereocenters. The molecule has 1 amide bonds. The van der Waals surface area contributed by atoms with Gasteiger partial charge in [-0.05, 0) is 26.8 Å². The number of nitrogens with zero attached hydrogens (tertiary/aromatic N) is 7. The van der Waals surface area contributed by atoms with Crippen molar-refractivity contribution in [3.63, 3.8) is 0 Å². The Labute approximate surface area is 174 Å². The Morgan fingerprint density at radius 2 is 2.00 bits per heavy atom. The Hall–Kier alpha value is -3.31. The molecule has 4 rings (SSSR count). The van der Waals surface area contributed by atoms with E-state index >= 15 is 0 Å². The average Bonchev–Trinajstić information content (AvgIpc) is 3.32. The van der Waals surface area contributed by atoms with Gasteiger partial charge in [0, 0.05) is 37.0 Å². The van der Waals surface area contributed by atoms with E-state index in [0.29, 0.717) is 17.9 Å². The van der Waals surface area contributed by atoms with Crippen molar-refractivity contribution in [1.82, 2.24) is 34.7 Å². The number of pyridine rings is 1. The first kappa shape index (κ1) is 20.9. The summed E-state index contributed by atoms with van der Waals surface area (Å²) in [4.78, 5) is 17.2. The number of carbonyl (C=O) groups is 1. The van der Waals surface area contributed by atoms with E-state index in [9.17, 15) is 22.4 Å². The minimum atomic E-state index is -5.00. The zero-order chi connectivity index (χ0) is 22.5. The molecule has 0 saturated heterocycles. The summed E-state index contributed by atoms with van der Waals surface area (Å²) in [6.45, 7) is 5.70. The van der Waals surface area contributed by atoms with Crippen LogP contribution in [0.3, 0.4) is 0 Å². The highest BCUT2D eigenvalue weighted by Gasteiger charge is 2.39. The Bertz CT molecular complexity index is 1130. The Morgan fingerprint density at radius 1 is 1.26 bits per heavy atom. The van der Waals surface area contributed by atoms with Gasteiger partial charge in [0.2, 0.25) is 0 Å². The number of carbonyl (C=O) groups excluding carboxylic acids is 1. The lowest BCUT2D eigenvalue weighted by atomic mass is 10.0. The van der Waals surface area contributed by atoms with Crippen molar-refractivity contribution < 1.29 is 22.4 Å². The van der Waals surface area contributed by atoms with E-state index in [4.69, 9.17) is 0 Å². The van der Waals surface area contributed by atoms with Crippen LogP contribution in [0.25, 0.3) is 5.82 Å². The molecule has 8 nitrogen and oxygen atoms in total. The lowest BCUT2D eigenvalue weighted by Crippen LogP contribution is -2.43. The van der Waals surface area contributed by atoms with Crippen molar-refractivity contribution in [2.75, 3.05) is 0 Å². The van der Waals surface area contributed by atoms with E-state index in [0.717, 1.165) is 18.0 Å². The first-order valence-electron chi connectivity index (χ1n) is 9.59. The number of hydrogen-bond donors (Lipinski definition) is 0. The van der Waals surface area contributed by atoms with Crippen molar-refractivity contribution in [1.29, 1.82) is 0 Å². The molecular formula is C19H19F4N7O. The summed E-state index contributed by atoms with van der Waals surface area (Å²) in [5, 5.41) is 12.7. The third kappa shape index (κ3) is 3.66. The quantitative estimate of drug-likeness (QED) is 0.588. The van der Waals surface area contributed by atoms with E-state index in [1.807, 2.05) is 20.0 Å². The molecule has 1 aliphatic rings. The first-order chi connectivity index (χ1) is 14.6. The van der Waals surface area contributed by atoms with Crippen LogP contribution in [0.5, 0.6) is 0 Å². The monoisotopic (exact) mass is 437 g/mol. The molecule has 0 aliphatic carbocycles. The molecule has 1 aliphatic heterocycles. The Balaban J connectivity index is 1.63. The molecule has 0 bridgehead atoms. The number of hydrogen-bond acceptors (Lipinski definition) is 5. The fourth-order valence-electron chi connectivity index (χ4n) is 3.51. The third-order valence-corrected chi connectivity index (χ3v) is 5.17. The first-order valence-corrected chi connectivity index (χ1v) is 9.59. The summed E-state index contributed by atoms with van der Waals surface area (Å²) in [5.41, 5.74) is -1.16. The zero-order valence-electron chi connectivity index (χ0n) is 16.9. The largest absolute Gasteiger partial charge is 0.436 e. The highest BCUT2D eigenvalue weighted by molar-refractivity contribution is 5.95. The van der Waals surface area contributed by atoms with Crippen molar-refractivity contribution in [3.8, 4) is 5.82 Å². The molecule has 3 aromatic rings. The molecule has 1 unspecified atom stereocenters. The number of halogens is 4. The Morgan fingerprint density at radius 3 is 2.65 bits per heavy atom. The van der Waals surface area contributed by atoms with E-state index in [-0.39, 0.29) is 12.6 Å². The summed E-state index contributed by atoms with van der Waals surface area (Å²) in [6.07, 6.45) is -2.06. The lowest BCUT2D eigenvalue weighted by molar-refractivity contribution is -0.143. The van der Waals surface area contributed by atoms with Gasteiger partial charge in [-0.3, -0.25) is 9.48 Å². The number of rotatable bonds is 3. The predicted molar refractivity (Wildman–Crippen MR) is 99.8 cm³/mol. The van der Waals surface area contributed by atoms with Gasteiger partial charge in [-0.15, -0.1) is 5.10 Å². The van der Waals surface area contributed by atoms with Gasteiger partial charge in [-0.25, -0.2) is 9.37 Å². The number of aromatic nitrogens is 6. The van der Waals surface area contributed by atoms with Crippen LogP contribution in [-0.4, -0.2) is 46.6 Å². The smallest absolute Gasteiger partial charge is 0.329 e. The zero-order valence-corrected chi connectivity index (χ0v) is 16.9. The molecule has 0 saturated carbocycles. The SMILES string of the molecule is CC1Cc2c(nnn2-c2ccn(C(C)C)n2)CN1C(=O)c1ccnc(C(F)(F)F)c1F. The molecule has 3 aromatic heterocycles. The molecule has 4 heterocycles. The predicted octanol–water partition coefficient (Wildman–Crippen LogP) is 3.18. The second-order valence-corrected chi connectivity index (χ2v) is 7.65. The molecule has 12 heteroatoms. The minimum Gasteiger partial charge on any atom is -0.329 e. The Kier molecular flexibility index (Phi) is 5.02. The maximum atomic E-state index is 14.4. The van der Waals surface area contributed by atoms with Gasteiger partial charge in [0.05, 0.1) is 17.8 Å². The minimum absolute atomic E-state index is 0.0106. The van der Waals surface area contributed by atoms with Gasteiger partial charge in [-0.2, -0.15) is 23.0 Å². The molecule has 0 spiro atoms. The van der Waals surface area contributed by atoms with E-state index < -0.39 is 35.2 Å². The summed E-state index contributed by atoms with van der Waals surface area (Å²) >= 11 is 0. The molecule has 0 N–H and O–H groups in total. The fourth-order valence-corrected chi connectivity index (χ4v) is 3.51. The topological polar surface area (TPSA) is 81.7 Å². The van der Waals surface area contributed by atoms with Crippen LogP contribution in [0.4, 0.5) is 17.6 Å². The van der Waals surface area contributed by atoms with Gasteiger partial charge >= 0.3 is 6.18 Å². The number of amides is 1. The van der Waals surface area contributed by atoms with Crippen molar-refractivity contribution >= 4 is 5.91 Å². The molecule has 0 aromatic carbocycles. The fraction of sp³-hybridized carbons (Fsp3) is 0.421. The van der Waals surface area contributed by atoms with Crippen LogP contribution >= 0.6 is 0 Å². The van der Waals surface area contributed by atoms with Gasteiger partial charge in [-0.1, -0.05) is 5.21 Å². The summed E-state index contributed by atoms with van der Waals surface area (Å²) < 4.78 is 56.7. The maximum Gasteiger partial charge on any atom is 0.436 e. The normalized spacial score (nSPS) is 16.6. The van der Waals surface area contributed by atoms with Crippen molar-refractivity contribution in [2.45, 2.75) is 52.0 Å². The van der Waals surface area contributed by atoms with E-state index in [1.54, 1.807) is 22.4 Å². The number of fused-ring (bicyclic) bond motifs is 1. The van der Waals surface area contributed by atoms with Crippen LogP contribution in [0.2, 0.25) is 0 Å². The van der Waals surface area contributed by atoms with Crippen LogP contribution in [0, 0.1) is 5.82 Å². The molecule has 164 valence electrons. The third-order valence-electron chi connectivity index (χ3n) is 5.17. The highest BCUT2D eigenvalue weighted by Crippen LogP contribution is 2.32. The lowest BCUT2D eigenvalue weighted by Gasteiger charge is -2.33. The molecule has 0 radical (unpaired) electrons. The summed E-state index contributed by atoms with van der Waals surface area (Å²) in [7, 11) is 0. The molecular weight excluding hydrogens is 418 g/mol. The van der Waals surface area contributed by atoms with Gasteiger partial charge in [0.1, 0.15) is 5.69 Å². The van der Waals surface area contributed by atoms with Gasteiger partial charge < -0.3 is 4.90 Å². The molecule has 0 fully saturated rings. The number of alkyl halides is 3. The van der Waals surface area contributed by atoms with Crippen molar-refractivity contribution in [2.24, 2.45) is 0 Å². The van der Waals surface area contributed by atoms with Crippen LogP contribution in [0.1, 0.15) is 54.3 Å².